The molecule has 0 radical (unpaired) electrons. The number of aryl methyl sites for hydroxylation is 3. The molecular weight excluding hydrogens is 318 g/mol. The zero-order chi connectivity index (χ0) is 17.6. The van der Waals surface area contributed by atoms with Crippen molar-refractivity contribution in [3.63, 3.8) is 0 Å². The normalized spacial score (nSPS) is 24.1. The van der Waals surface area contributed by atoms with Gasteiger partial charge in [-0.1, -0.05) is 5.16 Å². The monoisotopic (exact) mass is 343 g/mol. The van der Waals surface area contributed by atoms with Gasteiger partial charge in [0.1, 0.15) is 11.6 Å². The fourth-order valence-electron chi connectivity index (χ4n) is 4.23. The average molecular weight is 343 g/mol. The van der Waals surface area contributed by atoms with Crippen LogP contribution < -0.4 is 0 Å². The van der Waals surface area contributed by atoms with E-state index in [4.69, 9.17) is 4.52 Å². The molecule has 7 heteroatoms. The average Bonchev–Trinajstić information content (AvgIpc) is 3.30. The fraction of sp³-hybridized carbons (Fsp3) is 0.611. The molecular formula is C18H25N5O2. The van der Waals surface area contributed by atoms with Crippen molar-refractivity contribution in [2.45, 2.75) is 39.8 Å². The van der Waals surface area contributed by atoms with Gasteiger partial charge < -0.3 is 14.0 Å². The summed E-state index contributed by atoms with van der Waals surface area (Å²) in [6.45, 7) is 8.13. The molecule has 2 saturated heterocycles. The second kappa shape index (κ2) is 5.98. The van der Waals surface area contributed by atoms with Crippen molar-refractivity contribution in [3.05, 3.63) is 35.2 Å². The van der Waals surface area contributed by atoms with Crippen LogP contribution in [0, 0.1) is 19.3 Å². The molecule has 0 bridgehead atoms. The van der Waals surface area contributed by atoms with Gasteiger partial charge in [0.15, 0.2) is 0 Å². The zero-order valence-electron chi connectivity index (χ0n) is 15.2. The maximum absolute atomic E-state index is 12.6. The second-order valence-corrected chi connectivity index (χ2v) is 7.64. The molecule has 0 saturated carbocycles. The Morgan fingerprint density at radius 3 is 2.80 bits per heavy atom. The van der Waals surface area contributed by atoms with Gasteiger partial charge in [0.25, 0.3) is 0 Å². The molecule has 0 aromatic carbocycles. The third-order valence-corrected chi connectivity index (χ3v) is 5.74. The molecule has 25 heavy (non-hydrogen) atoms. The van der Waals surface area contributed by atoms with Crippen LogP contribution in [0.4, 0.5) is 0 Å². The molecule has 1 spiro atoms. The van der Waals surface area contributed by atoms with Crippen molar-refractivity contribution in [2.75, 3.05) is 19.6 Å². The van der Waals surface area contributed by atoms with E-state index in [1.807, 2.05) is 38.2 Å². The quantitative estimate of drug-likeness (QED) is 0.844. The molecule has 7 nitrogen and oxygen atoms in total. The van der Waals surface area contributed by atoms with Crippen LogP contribution in [0.25, 0.3) is 0 Å². The van der Waals surface area contributed by atoms with Crippen molar-refractivity contribution in [1.29, 1.82) is 0 Å². The van der Waals surface area contributed by atoms with Gasteiger partial charge in [0.2, 0.25) is 5.91 Å². The number of imidazole rings is 1. The summed E-state index contributed by atoms with van der Waals surface area (Å²) >= 11 is 0. The van der Waals surface area contributed by atoms with Crippen molar-refractivity contribution < 1.29 is 9.32 Å². The first-order chi connectivity index (χ1) is 12.0. The van der Waals surface area contributed by atoms with Crippen LogP contribution in [0.15, 0.2) is 16.9 Å². The summed E-state index contributed by atoms with van der Waals surface area (Å²) in [5.74, 6) is 2.14. The van der Waals surface area contributed by atoms with E-state index in [1.54, 1.807) is 0 Å². The highest BCUT2D eigenvalue weighted by molar-refractivity contribution is 5.79. The molecule has 1 amide bonds. The molecule has 4 rings (SSSR count). The minimum absolute atomic E-state index is 0.0845. The Morgan fingerprint density at radius 1 is 1.28 bits per heavy atom. The molecule has 1 atom stereocenters. The van der Waals surface area contributed by atoms with Crippen LogP contribution in [-0.2, 0) is 24.9 Å². The van der Waals surface area contributed by atoms with E-state index in [0.717, 1.165) is 55.4 Å². The van der Waals surface area contributed by atoms with Crippen molar-refractivity contribution in [3.8, 4) is 0 Å². The molecule has 2 aromatic heterocycles. The smallest absolute Gasteiger partial charge is 0.223 e. The van der Waals surface area contributed by atoms with Crippen LogP contribution in [0.1, 0.15) is 35.7 Å². The van der Waals surface area contributed by atoms with Gasteiger partial charge in [-0.3, -0.25) is 9.69 Å². The fourth-order valence-corrected chi connectivity index (χ4v) is 4.23. The summed E-state index contributed by atoms with van der Waals surface area (Å²) in [4.78, 5) is 21.4. The predicted molar refractivity (Wildman–Crippen MR) is 91.5 cm³/mol. The van der Waals surface area contributed by atoms with Crippen LogP contribution >= 0.6 is 0 Å². The maximum atomic E-state index is 12.6. The van der Waals surface area contributed by atoms with Crippen LogP contribution in [0.2, 0.25) is 0 Å². The molecule has 0 aliphatic carbocycles. The van der Waals surface area contributed by atoms with Gasteiger partial charge in [-0.2, -0.15) is 0 Å². The van der Waals surface area contributed by atoms with E-state index in [1.165, 1.54) is 0 Å². The third kappa shape index (κ3) is 2.97. The number of rotatable bonds is 4. The lowest BCUT2D eigenvalue weighted by Gasteiger charge is -2.24. The Morgan fingerprint density at radius 2 is 2.12 bits per heavy atom. The topological polar surface area (TPSA) is 67.4 Å². The lowest BCUT2D eigenvalue weighted by atomic mass is 9.86. The zero-order valence-corrected chi connectivity index (χ0v) is 15.2. The highest BCUT2D eigenvalue weighted by Gasteiger charge is 2.47. The number of hydrogen-bond donors (Lipinski definition) is 0. The first-order valence-electron chi connectivity index (χ1n) is 8.84. The van der Waals surface area contributed by atoms with E-state index in [-0.39, 0.29) is 11.3 Å². The van der Waals surface area contributed by atoms with Crippen LogP contribution in [0.5, 0.6) is 0 Å². The number of amides is 1. The van der Waals surface area contributed by atoms with E-state index in [2.05, 4.69) is 19.6 Å². The van der Waals surface area contributed by atoms with Crippen molar-refractivity contribution >= 4 is 5.91 Å². The standard InChI is InChI=1S/C18H25N5O2/c1-13-15(14(2)25-20-13)9-23-12-18(8-17(23)24)4-6-22(11-18)10-16-19-5-7-21(16)3/h5,7H,4,6,8-12H2,1-3H3. The number of hydrogen-bond acceptors (Lipinski definition) is 5. The number of carbonyl (C=O) groups excluding carboxylic acids is 1. The van der Waals surface area contributed by atoms with E-state index < -0.39 is 0 Å². The summed E-state index contributed by atoms with van der Waals surface area (Å²) < 4.78 is 7.30. The van der Waals surface area contributed by atoms with Gasteiger partial charge in [0, 0.05) is 49.9 Å². The van der Waals surface area contributed by atoms with Gasteiger partial charge in [-0.25, -0.2) is 4.98 Å². The van der Waals surface area contributed by atoms with Crippen LogP contribution in [0.3, 0.4) is 0 Å². The largest absolute Gasteiger partial charge is 0.361 e. The molecule has 134 valence electrons. The van der Waals surface area contributed by atoms with Gasteiger partial charge in [0.05, 0.1) is 18.8 Å². The lowest BCUT2D eigenvalue weighted by molar-refractivity contribution is -0.128. The molecule has 0 N–H and O–H groups in total. The molecule has 1 unspecified atom stereocenters. The first kappa shape index (κ1) is 16.3. The van der Waals surface area contributed by atoms with Crippen molar-refractivity contribution in [1.82, 2.24) is 24.5 Å². The minimum atomic E-state index is 0.0845. The molecule has 2 aliphatic rings. The number of carbonyl (C=O) groups is 1. The van der Waals surface area contributed by atoms with Gasteiger partial charge in [-0.15, -0.1) is 0 Å². The number of likely N-dealkylation sites (tertiary alicyclic amines) is 2. The lowest BCUT2D eigenvalue weighted by Crippen LogP contribution is -2.31. The third-order valence-electron chi connectivity index (χ3n) is 5.74. The first-order valence-corrected chi connectivity index (χ1v) is 8.84. The summed E-state index contributed by atoms with van der Waals surface area (Å²) in [7, 11) is 2.03. The summed E-state index contributed by atoms with van der Waals surface area (Å²) in [6, 6.07) is 0. The second-order valence-electron chi connectivity index (χ2n) is 7.64. The van der Waals surface area contributed by atoms with E-state index in [0.29, 0.717) is 13.0 Å². The Kier molecular flexibility index (Phi) is 3.91. The number of nitrogens with zero attached hydrogens (tertiary/aromatic N) is 5. The molecule has 4 heterocycles. The maximum Gasteiger partial charge on any atom is 0.223 e. The Balaban J connectivity index is 1.42. The van der Waals surface area contributed by atoms with Crippen LogP contribution in [-0.4, -0.2) is 50.0 Å². The Bertz CT molecular complexity index is 776. The SMILES string of the molecule is Cc1noc(C)c1CN1CC2(CCN(Cc3nccn3C)C2)CC1=O. The highest BCUT2D eigenvalue weighted by Crippen LogP contribution is 2.41. The molecule has 2 aliphatic heterocycles. The Labute approximate surface area is 147 Å². The summed E-state index contributed by atoms with van der Waals surface area (Å²) in [5.41, 5.74) is 2.02. The van der Waals surface area contributed by atoms with Gasteiger partial charge >= 0.3 is 0 Å². The Hall–Kier alpha value is -2.15. The van der Waals surface area contributed by atoms with E-state index in [9.17, 15) is 4.79 Å². The molecule has 2 aromatic rings. The molecule has 2 fully saturated rings. The van der Waals surface area contributed by atoms with Crippen molar-refractivity contribution in [2.24, 2.45) is 12.5 Å². The number of aromatic nitrogens is 3. The predicted octanol–water partition coefficient (Wildman–Crippen LogP) is 1.65. The summed E-state index contributed by atoms with van der Waals surface area (Å²) in [5, 5.41) is 4.00. The highest BCUT2D eigenvalue weighted by atomic mass is 16.5. The minimum Gasteiger partial charge on any atom is -0.361 e. The summed E-state index contributed by atoms with van der Waals surface area (Å²) in [6.07, 6.45) is 5.53. The van der Waals surface area contributed by atoms with E-state index >= 15 is 0 Å². The van der Waals surface area contributed by atoms with Gasteiger partial charge in [-0.05, 0) is 26.8 Å².